The molecule has 74 valence electrons. The molecule has 0 fully saturated rings. The molecule has 1 N–H and O–H groups in total. The number of rotatable bonds is 1. The van der Waals surface area contributed by atoms with E-state index in [2.05, 4.69) is 5.32 Å². The van der Waals surface area contributed by atoms with E-state index in [9.17, 15) is 9.59 Å². The average Bonchev–Trinajstić information content (AvgIpc) is 2.57. The van der Waals surface area contributed by atoms with Gasteiger partial charge in [-0.15, -0.1) is 0 Å². The molecule has 1 spiro atoms. The smallest absolute Gasteiger partial charge is 0.360 e. The molecule has 14 heavy (non-hydrogen) atoms. The number of hydrogen-bond acceptors (Lipinski definition) is 4. The van der Waals surface area contributed by atoms with Crippen LogP contribution in [-0.4, -0.2) is 17.6 Å². The van der Waals surface area contributed by atoms with Crippen LogP contribution in [0.2, 0.25) is 0 Å². The van der Waals surface area contributed by atoms with E-state index in [1.165, 1.54) is 19.1 Å². The quantitative estimate of drug-likeness (QED) is 0.648. The van der Waals surface area contributed by atoms with Gasteiger partial charge in [0.2, 0.25) is 11.7 Å². The molecule has 0 saturated heterocycles. The maximum Gasteiger partial charge on any atom is 0.360 e. The summed E-state index contributed by atoms with van der Waals surface area (Å²) < 4.78 is 10.5. The Bertz CT molecular complexity index is 382. The van der Waals surface area contributed by atoms with Crippen LogP contribution >= 0.6 is 0 Å². The minimum Gasteiger partial charge on any atom is -0.433 e. The number of nitrogens with one attached hydrogen (secondary N) is 1. The van der Waals surface area contributed by atoms with Crippen molar-refractivity contribution in [3.63, 3.8) is 0 Å². The molecule has 2 rings (SSSR count). The lowest BCUT2D eigenvalue weighted by atomic mass is 10.3. The fraction of sp³-hybridized carbons (Fsp3) is 0.333. The van der Waals surface area contributed by atoms with Crippen LogP contribution in [-0.2, 0) is 19.1 Å². The number of ketones is 1. The monoisotopic (exact) mass is 195 g/mol. The molecule has 0 aromatic carbocycles. The lowest BCUT2D eigenvalue weighted by Gasteiger charge is -2.20. The first-order valence-corrected chi connectivity index (χ1v) is 4.14. The molecule has 1 atom stereocenters. The molecule has 2 heterocycles. The second-order valence-corrected chi connectivity index (χ2v) is 3.14. The van der Waals surface area contributed by atoms with Crippen LogP contribution in [0.3, 0.4) is 0 Å². The Kier molecular flexibility index (Phi) is 1.64. The minimum atomic E-state index is -1.29. The third-order valence-corrected chi connectivity index (χ3v) is 1.95. The number of carbonyl (C=O) groups excluding carboxylic acids is 2. The van der Waals surface area contributed by atoms with Crippen LogP contribution in [0, 0.1) is 0 Å². The van der Waals surface area contributed by atoms with E-state index in [4.69, 9.17) is 9.47 Å². The van der Waals surface area contributed by atoms with Gasteiger partial charge in [-0.05, 0) is 6.92 Å². The Morgan fingerprint density at radius 2 is 2.21 bits per heavy atom. The molecule has 0 aliphatic carbocycles. The first kappa shape index (κ1) is 8.80. The molecule has 1 unspecified atom stereocenters. The average molecular weight is 195 g/mol. The van der Waals surface area contributed by atoms with Gasteiger partial charge in [-0.1, -0.05) is 0 Å². The Balaban J connectivity index is 2.23. The number of allylic oxidation sites excluding steroid dienone is 2. The summed E-state index contributed by atoms with van der Waals surface area (Å²) in [6.07, 6.45) is 2.74. The van der Waals surface area contributed by atoms with Gasteiger partial charge >= 0.3 is 5.91 Å². The molecular formula is C9H9NO4. The van der Waals surface area contributed by atoms with Gasteiger partial charge in [-0.25, -0.2) is 0 Å². The number of ether oxygens (including phenoxy) is 2. The molecule has 0 aromatic heterocycles. The maximum absolute atomic E-state index is 11.1. The molecule has 2 aliphatic rings. The third-order valence-electron chi connectivity index (χ3n) is 1.95. The lowest BCUT2D eigenvalue weighted by Crippen LogP contribution is -2.43. The van der Waals surface area contributed by atoms with Crippen molar-refractivity contribution in [2.45, 2.75) is 19.8 Å². The predicted molar refractivity (Wildman–Crippen MR) is 45.6 cm³/mol. The van der Waals surface area contributed by atoms with Crippen LogP contribution in [0.4, 0.5) is 0 Å². The van der Waals surface area contributed by atoms with Crippen molar-refractivity contribution in [3.05, 3.63) is 23.7 Å². The van der Waals surface area contributed by atoms with Crippen LogP contribution in [0.1, 0.15) is 13.8 Å². The lowest BCUT2D eigenvalue weighted by molar-refractivity contribution is -0.151. The van der Waals surface area contributed by atoms with Crippen LogP contribution < -0.4 is 5.32 Å². The van der Waals surface area contributed by atoms with Gasteiger partial charge in [-0.2, -0.15) is 0 Å². The van der Waals surface area contributed by atoms with E-state index >= 15 is 0 Å². The van der Waals surface area contributed by atoms with Crippen LogP contribution in [0.5, 0.6) is 0 Å². The highest BCUT2D eigenvalue weighted by atomic mass is 16.8. The molecule has 5 heteroatoms. The molecular weight excluding hydrogens is 186 g/mol. The zero-order chi connectivity index (χ0) is 10.3. The molecule has 5 nitrogen and oxygen atoms in total. The van der Waals surface area contributed by atoms with Crippen molar-refractivity contribution >= 4 is 11.7 Å². The SMILES string of the molecule is CC(=O)C1=C(C)OC2(C=CC(=O)N2)O1. The fourth-order valence-electron chi connectivity index (χ4n) is 1.40. The summed E-state index contributed by atoms with van der Waals surface area (Å²) in [4.78, 5) is 22.0. The fourth-order valence-corrected chi connectivity index (χ4v) is 1.40. The molecule has 0 radical (unpaired) electrons. The predicted octanol–water partition coefficient (Wildman–Crippen LogP) is 0.193. The Morgan fingerprint density at radius 3 is 2.64 bits per heavy atom. The normalized spacial score (nSPS) is 29.1. The van der Waals surface area contributed by atoms with E-state index < -0.39 is 5.91 Å². The second kappa shape index (κ2) is 2.60. The van der Waals surface area contributed by atoms with Gasteiger partial charge in [0.1, 0.15) is 5.76 Å². The zero-order valence-corrected chi connectivity index (χ0v) is 7.79. The highest BCUT2D eigenvalue weighted by Gasteiger charge is 2.45. The Hall–Kier alpha value is -1.78. The topological polar surface area (TPSA) is 64.6 Å². The summed E-state index contributed by atoms with van der Waals surface area (Å²) in [5.74, 6) is -1.29. The van der Waals surface area contributed by atoms with Crippen molar-refractivity contribution < 1.29 is 19.1 Å². The molecule has 0 aromatic rings. The summed E-state index contributed by atoms with van der Waals surface area (Å²) >= 11 is 0. The van der Waals surface area contributed by atoms with E-state index in [0.717, 1.165) is 0 Å². The van der Waals surface area contributed by atoms with Crippen LogP contribution in [0.15, 0.2) is 23.7 Å². The van der Waals surface area contributed by atoms with Crippen molar-refractivity contribution in [1.29, 1.82) is 0 Å². The first-order valence-electron chi connectivity index (χ1n) is 4.14. The van der Waals surface area contributed by atoms with Crippen molar-refractivity contribution in [2.24, 2.45) is 0 Å². The summed E-state index contributed by atoms with van der Waals surface area (Å²) in [5.41, 5.74) is 0. The summed E-state index contributed by atoms with van der Waals surface area (Å²) in [6, 6.07) is 0. The van der Waals surface area contributed by atoms with Gasteiger partial charge in [0.05, 0.1) is 0 Å². The van der Waals surface area contributed by atoms with Gasteiger partial charge < -0.3 is 9.47 Å². The first-order chi connectivity index (χ1) is 6.52. The molecule has 0 saturated carbocycles. The highest BCUT2D eigenvalue weighted by molar-refractivity contribution is 5.93. The van der Waals surface area contributed by atoms with Gasteiger partial charge in [0, 0.05) is 19.1 Å². The van der Waals surface area contributed by atoms with E-state index in [1.54, 1.807) is 6.92 Å². The maximum atomic E-state index is 11.1. The van der Waals surface area contributed by atoms with Crippen molar-refractivity contribution in [3.8, 4) is 0 Å². The van der Waals surface area contributed by atoms with Crippen molar-refractivity contribution in [2.75, 3.05) is 0 Å². The molecule has 0 bridgehead atoms. The van der Waals surface area contributed by atoms with E-state index in [0.29, 0.717) is 5.76 Å². The minimum absolute atomic E-state index is 0.150. The Morgan fingerprint density at radius 1 is 1.50 bits per heavy atom. The summed E-state index contributed by atoms with van der Waals surface area (Å²) in [5, 5.41) is 2.46. The van der Waals surface area contributed by atoms with Crippen molar-refractivity contribution in [1.82, 2.24) is 5.32 Å². The highest BCUT2D eigenvalue weighted by Crippen LogP contribution is 2.32. The Labute approximate surface area is 80.4 Å². The molecule has 2 aliphatic heterocycles. The number of amides is 1. The van der Waals surface area contributed by atoms with E-state index in [-0.39, 0.29) is 17.4 Å². The zero-order valence-electron chi connectivity index (χ0n) is 7.79. The molecule has 1 amide bonds. The van der Waals surface area contributed by atoms with Gasteiger partial charge in [-0.3, -0.25) is 14.9 Å². The van der Waals surface area contributed by atoms with Crippen LogP contribution in [0.25, 0.3) is 0 Å². The van der Waals surface area contributed by atoms with Gasteiger partial charge in [0.15, 0.2) is 5.78 Å². The summed E-state index contributed by atoms with van der Waals surface area (Å²) in [7, 11) is 0. The third kappa shape index (κ3) is 1.17. The number of carbonyl (C=O) groups is 2. The summed E-state index contributed by atoms with van der Waals surface area (Å²) in [6.45, 7) is 2.99. The van der Waals surface area contributed by atoms with E-state index in [1.807, 2.05) is 0 Å². The second-order valence-electron chi connectivity index (χ2n) is 3.14. The standard InChI is InChI=1S/C9H9NO4/c1-5(11)8-6(2)13-9(14-8)4-3-7(12)10-9/h3-4H,1-2H3,(H,10,12). The number of Topliss-reactive ketones (excluding diaryl/α,β-unsaturated/α-hetero) is 1. The van der Waals surface area contributed by atoms with Gasteiger partial charge in [0.25, 0.3) is 0 Å². The number of hydrogen-bond donors (Lipinski definition) is 1. The largest absolute Gasteiger partial charge is 0.433 e.